The first-order valence-corrected chi connectivity index (χ1v) is 6.71. The molecule has 2 aromatic rings. The summed E-state index contributed by atoms with van der Waals surface area (Å²) in [7, 11) is 0. The topological polar surface area (TPSA) is 51.2 Å². The smallest absolute Gasteiger partial charge is 0.225 e. The van der Waals surface area contributed by atoms with Crippen molar-refractivity contribution in [2.75, 3.05) is 11.9 Å². The number of pyridine rings is 1. The van der Waals surface area contributed by atoms with Crippen LogP contribution in [-0.2, 0) is 4.79 Å². The molecule has 1 heterocycles. The maximum atomic E-state index is 11.7. The summed E-state index contributed by atoms with van der Waals surface area (Å²) in [6, 6.07) is 12.9. The van der Waals surface area contributed by atoms with E-state index in [4.69, 9.17) is 16.3 Å². The first kappa shape index (κ1) is 14.3. The molecule has 0 saturated carbocycles. The van der Waals surface area contributed by atoms with Crippen LogP contribution in [0.1, 0.15) is 12.8 Å². The van der Waals surface area contributed by atoms with E-state index in [0.29, 0.717) is 30.3 Å². The highest BCUT2D eigenvalue weighted by molar-refractivity contribution is 6.30. The number of amides is 1. The van der Waals surface area contributed by atoms with Gasteiger partial charge in [-0.05, 0) is 30.7 Å². The minimum atomic E-state index is -0.0866. The predicted octanol–water partition coefficient (Wildman–Crippen LogP) is 3.53. The maximum Gasteiger partial charge on any atom is 0.225 e. The van der Waals surface area contributed by atoms with Crippen molar-refractivity contribution in [1.82, 2.24) is 4.98 Å². The Kier molecular flexibility index (Phi) is 5.38. The van der Waals surface area contributed by atoms with E-state index in [2.05, 4.69) is 10.3 Å². The fourth-order valence-corrected chi connectivity index (χ4v) is 1.71. The van der Waals surface area contributed by atoms with E-state index < -0.39 is 0 Å². The van der Waals surface area contributed by atoms with Crippen LogP contribution in [0.3, 0.4) is 0 Å². The van der Waals surface area contributed by atoms with Crippen molar-refractivity contribution < 1.29 is 9.53 Å². The molecule has 1 aromatic heterocycles. The van der Waals surface area contributed by atoms with Crippen molar-refractivity contribution in [2.45, 2.75) is 12.8 Å². The third kappa shape index (κ3) is 4.90. The van der Waals surface area contributed by atoms with Crippen molar-refractivity contribution in [3.63, 3.8) is 0 Å². The van der Waals surface area contributed by atoms with E-state index in [1.807, 2.05) is 30.3 Å². The van der Waals surface area contributed by atoms with Crippen LogP contribution < -0.4 is 10.1 Å². The summed E-state index contributed by atoms with van der Waals surface area (Å²) in [6.45, 7) is 0.505. The second-order valence-corrected chi connectivity index (χ2v) is 4.61. The van der Waals surface area contributed by atoms with Gasteiger partial charge in [-0.15, -0.1) is 0 Å². The molecule has 1 amide bonds. The Morgan fingerprint density at radius 2 is 2.00 bits per heavy atom. The van der Waals surface area contributed by atoms with Crippen molar-refractivity contribution in [3.05, 3.63) is 53.7 Å². The van der Waals surface area contributed by atoms with Crippen LogP contribution in [0.25, 0.3) is 0 Å². The first-order chi connectivity index (χ1) is 9.74. The minimum absolute atomic E-state index is 0.0866. The fraction of sp³-hybridized carbons (Fsp3) is 0.200. The molecule has 104 valence electrons. The number of nitrogens with zero attached hydrogens (tertiary/aromatic N) is 1. The summed E-state index contributed by atoms with van der Waals surface area (Å²) in [5, 5.41) is 3.24. The van der Waals surface area contributed by atoms with Crippen LogP contribution in [0, 0.1) is 0 Å². The summed E-state index contributed by atoms with van der Waals surface area (Å²) >= 11 is 5.72. The van der Waals surface area contributed by atoms with Crippen molar-refractivity contribution in [1.29, 1.82) is 0 Å². The lowest BCUT2D eigenvalue weighted by Crippen LogP contribution is -2.13. The molecule has 0 fully saturated rings. The average molecular weight is 291 g/mol. The summed E-state index contributed by atoms with van der Waals surface area (Å²) in [5.74, 6) is 1.23. The normalized spacial score (nSPS) is 10.1. The fourth-order valence-electron chi connectivity index (χ4n) is 1.59. The van der Waals surface area contributed by atoms with Gasteiger partial charge < -0.3 is 10.1 Å². The molecule has 0 saturated heterocycles. The lowest BCUT2D eigenvalue weighted by molar-refractivity contribution is -0.116. The van der Waals surface area contributed by atoms with E-state index in [0.717, 1.165) is 5.75 Å². The van der Waals surface area contributed by atoms with E-state index in [1.165, 1.54) is 6.20 Å². The predicted molar refractivity (Wildman–Crippen MR) is 79.0 cm³/mol. The highest BCUT2D eigenvalue weighted by Crippen LogP contribution is 2.11. The number of carbonyl (C=O) groups excluding carboxylic acids is 1. The minimum Gasteiger partial charge on any atom is -0.494 e. The molecule has 5 heteroatoms. The van der Waals surface area contributed by atoms with Crippen LogP contribution in [0.5, 0.6) is 5.75 Å². The van der Waals surface area contributed by atoms with Crippen LogP contribution >= 0.6 is 11.6 Å². The van der Waals surface area contributed by atoms with Gasteiger partial charge in [0.05, 0.1) is 11.6 Å². The number of nitrogens with one attached hydrogen (secondary N) is 1. The highest BCUT2D eigenvalue weighted by Gasteiger charge is 2.03. The number of aromatic nitrogens is 1. The molecule has 1 aromatic carbocycles. The van der Waals surface area contributed by atoms with Gasteiger partial charge >= 0.3 is 0 Å². The number of carbonyl (C=O) groups is 1. The molecule has 0 aliphatic carbocycles. The number of anilines is 1. The average Bonchev–Trinajstić information content (AvgIpc) is 2.47. The van der Waals surface area contributed by atoms with E-state index in [-0.39, 0.29) is 5.91 Å². The first-order valence-electron chi connectivity index (χ1n) is 6.33. The standard InChI is InChI=1S/C15H15ClN2O2/c16-12-8-9-14(17-11-12)18-15(19)7-4-10-20-13-5-2-1-3-6-13/h1-3,5-6,8-9,11H,4,7,10H2,(H,17,18,19). The van der Waals surface area contributed by atoms with Crippen LogP contribution in [0.15, 0.2) is 48.7 Å². The number of para-hydroxylation sites is 1. The van der Waals surface area contributed by atoms with E-state index >= 15 is 0 Å². The van der Waals surface area contributed by atoms with Gasteiger partial charge in [0.15, 0.2) is 0 Å². The lowest BCUT2D eigenvalue weighted by atomic mass is 10.3. The molecule has 0 bridgehead atoms. The summed E-state index contributed by atoms with van der Waals surface area (Å²) in [6.07, 6.45) is 2.53. The second kappa shape index (κ2) is 7.50. The zero-order valence-electron chi connectivity index (χ0n) is 10.9. The molecule has 1 N–H and O–H groups in total. The summed E-state index contributed by atoms with van der Waals surface area (Å²) in [4.78, 5) is 15.7. The summed E-state index contributed by atoms with van der Waals surface area (Å²) < 4.78 is 5.51. The number of hydrogen-bond acceptors (Lipinski definition) is 3. The van der Waals surface area contributed by atoms with Gasteiger partial charge in [-0.25, -0.2) is 4.98 Å². The van der Waals surface area contributed by atoms with Gasteiger partial charge in [0.1, 0.15) is 11.6 Å². The Morgan fingerprint density at radius 1 is 1.20 bits per heavy atom. The Balaban J connectivity index is 1.66. The number of halogens is 1. The molecule has 0 aliphatic rings. The van der Waals surface area contributed by atoms with Gasteiger partial charge in [-0.1, -0.05) is 29.8 Å². The molecule has 20 heavy (non-hydrogen) atoms. The molecule has 0 aliphatic heterocycles. The van der Waals surface area contributed by atoms with Gasteiger partial charge in [0.25, 0.3) is 0 Å². The largest absolute Gasteiger partial charge is 0.494 e. The quantitative estimate of drug-likeness (QED) is 0.828. The van der Waals surface area contributed by atoms with E-state index in [9.17, 15) is 4.79 Å². The van der Waals surface area contributed by atoms with Crippen molar-refractivity contribution in [2.24, 2.45) is 0 Å². The Labute approximate surface area is 122 Å². The van der Waals surface area contributed by atoms with E-state index in [1.54, 1.807) is 12.1 Å². The van der Waals surface area contributed by atoms with Gasteiger partial charge in [-0.2, -0.15) is 0 Å². The van der Waals surface area contributed by atoms with Gasteiger partial charge in [-0.3, -0.25) is 4.79 Å². The number of hydrogen-bond donors (Lipinski definition) is 1. The SMILES string of the molecule is O=C(CCCOc1ccccc1)Nc1ccc(Cl)cn1. The Morgan fingerprint density at radius 3 is 2.70 bits per heavy atom. The molecule has 4 nitrogen and oxygen atoms in total. The third-order valence-corrected chi connectivity index (χ3v) is 2.78. The van der Waals surface area contributed by atoms with Crippen molar-refractivity contribution in [3.8, 4) is 5.75 Å². The molecule has 0 spiro atoms. The Hall–Kier alpha value is -2.07. The summed E-state index contributed by atoms with van der Waals surface area (Å²) in [5.41, 5.74) is 0. The van der Waals surface area contributed by atoms with Gasteiger partial charge in [0, 0.05) is 12.6 Å². The molecule has 0 atom stereocenters. The second-order valence-electron chi connectivity index (χ2n) is 4.17. The molecule has 0 unspecified atom stereocenters. The Bertz CT molecular complexity index is 544. The highest BCUT2D eigenvalue weighted by atomic mass is 35.5. The molecule has 0 radical (unpaired) electrons. The number of benzene rings is 1. The molecular formula is C15H15ClN2O2. The lowest BCUT2D eigenvalue weighted by Gasteiger charge is -2.06. The van der Waals surface area contributed by atoms with Crippen LogP contribution in [0.2, 0.25) is 5.02 Å². The van der Waals surface area contributed by atoms with Crippen molar-refractivity contribution >= 4 is 23.3 Å². The number of rotatable bonds is 6. The number of ether oxygens (including phenoxy) is 1. The molecular weight excluding hydrogens is 276 g/mol. The maximum absolute atomic E-state index is 11.7. The van der Waals surface area contributed by atoms with Crippen LogP contribution in [-0.4, -0.2) is 17.5 Å². The van der Waals surface area contributed by atoms with Crippen LogP contribution in [0.4, 0.5) is 5.82 Å². The molecule has 2 rings (SSSR count). The zero-order valence-corrected chi connectivity index (χ0v) is 11.6. The zero-order chi connectivity index (χ0) is 14.2. The van der Waals surface area contributed by atoms with Gasteiger partial charge in [0.2, 0.25) is 5.91 Å². The monoisotopic (exact) mass is 290 g/mol. The third-order valence-electron chi connectivity index (χ3n) is 2.55.